The van der Waals surface area contributed by atoms with Gasteiger partial charge in [-0.2, -0.15) is 0 Å². The summed E-state index contributed by atoms with van der Waals surface area (Å²) in [5.74, 6) is -2.16. The Labute approximate surface area is 101 Å². The second-order valence-corrected chi connectivity index (χ2v) is 6.95. The highest BCUT2D eigenvalue weighted by Crippen LogP contribution is 2.46. The molecule has 0 aromatic carbocycles. The molecule has 0 aromatic heterocycles. The maximum Gasteiger partial charge on any atom is 0.328 e. The van der Waals surface area contributed by atoms with E-state index < -0.39 is 43.1 Å². The Morgan fingerprint density at radius 1 is 1.53 bits per heavy atom. The van der Waals surface area contributed by atoms with E-state index in [-0.39, 0.29) is 6.42 Å². The van der Waals surface area contributed by atoms with Crippen LogP contribution in [0.3, 0.4) is 0 Å². The lowest BCUT2D eigenvalue weighted by atomic mass is 9.98. The van der Waals surface area contributed by atoms with Crippen LogP contribution in [0, 0.1) is 0 Å². The van der Waals surface area contributed by atoms with E-state index in [1.807, 2.05) is 0 Å². The molecular weight excluding hydrogens is 274 g/mol. The zero-order chi connectivity index (χ0) is 13.2. The Balaban J connectivity index is 2.67. The molecule has 1 N–H and O–H groups in total. The molecule has 0 spiro atoms. The number of nitrogens with zero attached hydrogens (tertiary/aromatic N) is 1. The summed E-state index contributed by atoms with van der Waals surface area (Å²) in [5, 5.41) is 6.47. The zero-order valence-electron chi connectivity index (χ0n) is 8.58. The van der Waals surface area contributed by atoms with Crippen molar-refractivity contribution in [3.05, 3.63) is 0 Å². The lowest BCUT2D eigenvalue weighted by Gasteiger charge is -2.35. The quantitative estimate of drug-likeness (QED) is 0.511. The molecule has 0 aromatic rings. The summed E-state index contributed by atoms with van der Waals surface area (Å²) in [6, 6.07) is -1.75. The number of carbonyl (C=O) groups excluding carboxylic acids is 2. The molecule has 3 atom stereocenters. The highest BCUT2D eigenvalue weighted by molar-refractivity contribution is 7.95. The molecular formula is C8H8ClNO6S. The average Bonchev–Trinajstić information content (AvgIpc) is 2.33. The maximum absolute atomic E-state index is 12.0. The molecule has 94 valence electrons. The summed E-state index contributed by atoms with van der Waals surface area (Å²) in [6.07, 6.45) is -0.300. The SMILES string of the molecule is C[C@]1(C(=O)Cl)[C@H](C(=O)O)N2C(=O)C[C@H]2S1(=O)=O. The minimum atomic E-state index is -4.11. The van der Waals surface area contributed by atoms with Crippen molar-refractivity contribution in [1.82, 2.24) is 4.90 Å². The van der Waals surface area contributed by atoms with E-state index in [1.54, 1.807) is 0 Å². The number of amides is 1. The summed E-state index contributed by atoms with van der Waals surface area (Å²) in [5.41, 5.74) is 0. The van der Waals surface area contributed by atoms with Gasteiger partial charge in [0.05, 0.1) is 6.42 Å². The monoisotopic (exact) mass is 281 g/mol. The fraction of sp³-hybridized carbons (Fsp3) is 0.625. The van der Waals surface area contributed by atoms with Crippen LogP contribution in [0.15, 0.2) is 0 Å². The van der Waals surface area contributed by atoms with Crippen molar-refractivity contribution in [3.8, 4) is 0 Å². The van der Waals surface area contributed by atoms with Gasteiger partial charge in [-0.15, -0.1) is 0 Å². The average molecular weight is 282 g/mol. The number of carboxylic acids is 1. The van der Waals surface area contributed by atoms with E-state index in [2.05, 4.69) is 0 Å². The predicted molar refractivity (Wildman–Crippen MR) is 54.9 cm³/mol. The first kappa shape index (κ1) is 12.3. The number of β-lactam (4-membered cyclic amide) rings is 1. The molecule has 2 aliphatic heterocycles. The second kappa shape index (κ2) is 3.20. The van der Waals surface area contributed by atoms with Crippen molar-refractivity contribution in [3.63, 3.8) is 0 Å². The van der Waals surface area contributed by atoms with E-state index >= 15 is 0 Å². The largest absolute Gasteiger partial charge is 0.480 e. The molecule has 17 heavy (non-hydrogen) atoms. The van der Waals surface area contributed by atoms with Crippen LogP contribution in [-0.4, -0.2) is 51.7 Å². The van der Waals surface area contributed by atoms with Gasteiger partial charge in [0, 0.05) is 0 Å². The smallest absolute Gasteiger partial charge is 0.328 e. The molecule has 0 bridgehead atoms. The van der Waals surface area contributed by atoms with Crippen molar-refractivity contribution in [2.45, 2.75) is 29.5 Å². The normalized spacial score (nSPS) is 38.5. The fourth-order valence-corrected chi connectivity index (χ4v) is 4.89. The number of hydrogen-bond acceptors (Lipinski definition) is 5. The first-order chi connectivity index (χ1) is 7.65. The van der Waals surface area contributed by atoms with E-state index in [1.165, 1.54) is 0 Å². The van der Waals surface area contributed by atoms with Crippen LogP contribution >= 0.6 is 11.6 Å². The number of sulfone groups is 1. The zero-order valence-corrected chi connectivity index (χ0v) is 10.2. The van der Waals surface area contributed by atoms with Gasteiger partial charge in [-0.3, -0.25) is 9.59 Å². The summed E-state index contributed by atoms with van der Waals surface area (Å²) in [6.45, 7) is 0.946. The number of carboxylic acid groups (broad SMARTS) is 1. The third-order valence-electron chi connectivity index (χ3n) is 3.32. The van der Waals surface area contributed by atoms with Gasteiger partial charge in [0.1, 0.15) is 5.37 Å². The second-order valence-electron chi connectivity index (χ2n) is 4.13. The van der Waals surface area contributed by atoms with E-state index in [4.69, 9.17) is 16.7 Å². The molecule has 1 amide bonds. The van der Waals surface area contributed by atoms with Crippen LogP contribution in [0.2, 0.25) is 0 Å². The van der Waals surface area contributed by atoms with Crippen LogP contribution in [0.25, 0.3) is 0 Å². The topological polar surface area (TPSA) is 109 Å². The van der Waals surface area contributed by atoms with Gasteiger partial charge in [-0.25, -0.2) is 13.2 Å². The van der Waals surface area contributed by atoms with Crippen LogP contribution in [0.4, 0.5) is 0 Å². The van der Waals surface area contributed by atoms with Gasteiger partial charge >= 0.3 is 5.97 Å². The van der Waals surface area contributed by atoms with Crippen LogP contribution in [0.5, 0.6) is 0 Å². The number of fused-ring (bicyclic) bond motifs is 1. The van der Waals surface area contributed by atoms with Gasteiger partial charge < -0.3 is 10.0 Å². The molecule has 9 heteroatoms. The Kier molecular flexibility index (Phi) is 2.32. The maximum atomic E-state index is 12.0. The van der Waals surface area contributed by atoms with E-state index in [0.717, 1.165) is 6.92 Å². The standard InChI is InChI=1S/C8H8ClNO6S/c1-8(7(9)14)5(6(12)13)10-3(11)2-4(10)17(8,15)16/h4-5H,2H2,1H3,(H,12,13)/t4-,5+,8-/m1/s1. The fourth-order valence-electron chi connectivity index (χ4n) is 2.25. The number of halogens is 1. The molecule has 2 saturated heterocycles. The van der Waals surface area contributed by atoms with Gasteiger partial charge in [-0.05, 0) is 18.5 Å². The summed E-state index contributed by atoms with van der Waals surface area (Å²) < 4.78 is 21.8. The third-order valence-corrected chi connectivity index (χ3v) is 6.53. The lowest BCUT2D eigenvalue weighted by molar-refractivity contribution is -0.158. The minimum absolute atomic E-state index is 0.300. The number of aliphatic carboxylic acids is 1. The van der Waals surface area contributed by atoms with Crippen molar-refractivity contribution in [2.75, 3.05) is 0 Å². The van der Waals surface area contributed by atoms with Gasteiger partial charge in [0.25, 0.3) is 0 Å². The van der Waals surface area contributed by atoms with E-state index in [9.17, 15) is 22.8 Å². The Hall–Kier alpha value is -1.15. The molecule has 2 fully saturated rings. The number of rotatable bonds is 2. The lowest BCUT2D eigenvalue weighted by Crippen LogP contribution is -2.58. The van der Waals surface area contributed by atoms with E-state index in [0.29, 0.717) is 4.90 Å². The minimum Gasteiger partial charge on any atom is -0.480 e. The van der Waals surface area contributed by atoms with Gasteiger partial charge in [0.2, 0.25) is 11.1 Å². The Bertz CT molecular complexity index is 542. The summed E-state index contributed by atoms with van der Waals surface area (Å²) in [7, 11) is -4.11. The highest BCUT2D eigenvalue weighted by atomic mass is 35.5. The van der Waals surface area contributed by atoms with Crippen molar-refractivity contribution >= 4 is 38.6 Å². The van der Waals surface area contributed by atoms with Crippen LogP contribution in [0.1, 0.15) is 13.3 Å². The molecule has 0 radical (unpaired) electrons. The molecule has 7 nitrogen and oxygen atoms in total. The molecule has 0 saturated carbocycles. The Morgan fingerprint density at radius 2 is 2.06 bits per heavy atom. The van der Waals surface area contributed by atoms with Crippen molar-refractivity contribution in [2.24, 2.45) is 0 Å². The number of carbonyl (C=O) groups is 3. The number of hydrogen-bond donors (Lipinski definition) is 1. The van der Waals surface area contributed by atoms with Gasteiger partial charge in [0.15, 0.2) is 20.6 Å². The first-order valence-electron chi connectivity index (χ1n) is 4.63. The molecule has 2 aliphatic rings. The third kappa shape index (κ3) is 1.17. The van der Waals surface area contributed by atoms with Crippen LogP contribution in [-0.2, 0) is 24.2 Å². The molecule has 2 rings (SSSR count). The Morgan fingerprint density at radius 3 is 2.41 bits per heavy atom. The van der Waals surface area contributed by atoms with Gasteiger partial charge in [-0.1, -0.05) is 0 Å². The molecule has 0 aliphatic carbocycles. The molecule has 0 unspecified atom stereocenters. The highest BCUT2D eigenvalue weighted by Gasteiger charge is 2.72. The summed E-state index contributed by atoms with van der Waals surface area (Å²) in [4.78, 5) is 34.4. The predicted octanol–water partition coefficient (Wildman–Crippen LogP) is -1.05. The van der Waals surface area contributed by atoms with Crippen molar-refractivity contribution < 1.29 is 27.9 Å². The molecule has 2 heterocycles. The summed E-state index contributed by atoms with van der Waals surface area (Å²) >= 11 is 5.24. The van der Waals surface area contributed by atoms with Crippen molar-refractivity contribution in [1.29, 1.82) is 0 Å². The van der Waals surface area contributed by atoms with Crippen LogP contribution < -0.4 is 0 Å². The first-order valence-corrected chi connectivity index (χ1v) is 6.55.